The van der Waals surface area contributed by atoms with Gasteiger partial charge in [-0.1, -0.05) is 13.8 Å². The Morgan fingerprint density at radius 1 is 1.47 bits per heavy atom. The molecule has 15 heavy (non-hydrogen) atoms. The summed E-state index contributed by atoms with van der Waals surface area (Å²) in [7, 11) is 0. The topological polar surface area (TPSA) is 12.9 Å². The van der Waals surface area contributed by atoms with Gasteiger partial charge in [-0.25, -0.2) is 0 Å². The Balaban J connectivity index is 2.46. The summed E-state index contributed by atoms with van der Waals surface area (Å²) >= 11 is 8.04. The maximum absolute atomic E-state index is 6.28. The Hall–Kier alpha value is -0.600. The van der Waals surface area contributed by atoms with E-state index in [4.69, 9.17) is 11.6 Å². The van der Waals surface area contributed by atoms with Gasteiger partial charge in [0.2, 0.25) is 0 Å². The number of halogens is 1. The Bertz CT molecular complexity index is 452. The van der Waals surface area contributed by atoms with Crippen molar-refractivity contribution in [3.63, 3.8) is 0 Å². The van der Waals surface area contributed by atoms with E-state index in [0.29, 0.717) is 5.92 Å². The molecular weight excluding hydrogens is 226 g/mol. The van der Waals surface area contributed by atoms with Gasteiger partial charge in [0.05, 0.1) is 5.69 Å². The second kappa shape index (κ2) is 4.50. The zero-order valence-corrected chi connectivity index (χ0v) is 10.5. The highest BCUT2D eigenvalue weighted by molar-refractivity contribution is 7.17. The first kappa shape index (κ1) is 10.9. The van der Waals surface area contributed by atoms with Crippen LogP contribution in [0.25, 0.3) is 10.1 Å². The number of alkyl halides is 1. The fourth-order valence-electron chi connectivity index (χ4n) is 1.80. The van der Waals surface area contributed by atoms with E-state index in [1.165, 1.54) is 10.1 Å². The monoisotopic (exact) mass is 239 g/mol. The summed E-state index contributed by atoms with van der Waals surface area (Å²) in [5.41, 5.74) is 1.13. The summed E-state index contributed by atoms with van der Waals surface area (Å²) in [5.74, 6) is 0.315. The molecule has 0 saturated carbocycles. The minimum absolute atomic E-state index is 0.169. The van der Waals surface area contributed by atoms with Crippen LogP contribution in [-0.4, -0.2) is 10.4 Å². The SMILES string of the molecule is CCC(Cl)C(C)c1nccc2sccc12. The third kappa shape index (κ3) is 2.01. The summed E-state index contributed by atoms with van der Waals surface area (Å²) in [5, 5.41) is 3.54. The first-order chi connectivity index (χ1) is 7.24. The van der Waals surface area contributed by atoms with Crippen LogP contribution in [0.1, 0.15) is 31.9 Å². The molecule has 0 aromatic carbocycles. The molecule has 0 bridgehead atoms. The molecule has 0 aliphatic rings. The van der Waals surface area contributed by atoms with Crippen molar-refractivity contribution in [2.45, 2.75) is 31.6 Å². The largest absolute Gasteiger partial charge is 0.260 e. The lowest BCUT2D eigenvalue weighted by molar-refractivity contribution is 0.662. The number of hydrogen-bond donors (Lipinski definition) is 0. The van der Waals surface area contributed by atoms with Crippen molar-refractivity contribution >= 4 is 33.0 Å². The van der Waals surface area contributed by atoms with Crippen LogP contribution in [0.2, 0.25) is 0 Å². The van der Waals surface area contributed by atoms with Crippen LogP contribution >= 0.6 is 22.9 Å². The summed E-state index contributed by atoms with van der Waals surface area (Å²) in [6.45, 7) is 4.27. The molecule has 2 heterocycles. The van der Waals surface area contributed by atoms with Crippen molar-refractivity contribution in [3.8, 4) is 0 Å². The summed E-state index contributed by atoms with van der Waals surface area (Å²) < 4.78 is 1.30. The second-order valence-corrected chi connectivity index (χ2v) is 5.25. The van der Waals surface area contributed by atoms with Gasteiger partial charge in [0.25, 0.3) is 0 Å². The molecule has 2 atom stereocenters. The molecule has 2 unspecified atom stereocenters. The molecule has 0 amide bonds. The zero-order valence-electron chi connectivity index (χ0n) is 8.90. The van der Waals surface area contributed by atoms with Crippen LogP contribution in [0.5, 0.6) is 0 Å². The quantitative estimate of drug-likeness (QED) is 0.723. The van der Waals surface area contributed by atoms with Gasteiger partial charge < -0.3 is 0 Å². The normalized spacial score (nSPS) is 15.4. The highest BCUT2D eigenvalue weighted by atomic mass is 35.5. The Morgan fingerprint density at radius 3 is 3.00 bits per heavy atom. The highest BCUT2D eigenvalue weighted by Crippen LogP contribution is 2.31. The van der Waals surface area contributed by atoms with E-state index in [-0.39, 0.29) is 5.38 Å². The van der Waals surface area contributed by atoms with Crippen molar-refractivity contribution in [1.29, 1.82) is 0 Å². The molecule has 0 spiro atoms. The van der Waals surface area contributed by atoms with Crippen LogP contribution in [0.15, 0.2) is 23.7 Å². The average Bonchev–Trinajstić information content (AvgIpc) is 2.74. The van der Waals surface area contributed by atoms with Gasteiger partial charge in [-0.05, 0) is 23.9 Å². The molecule has 0 radical (unpaired) electrons. The van der Waals surface area contributed by atoms with E-state index in [2.05, 4.69) is 36.3 Å². The van der Waals surface area contributed by atoms with Crippen LogP contribution in [0.4, 0.5) is 0 Å². The molecule has 1 nitrogen and oxygen atoms in total. The van der Waals surface area contributed by atoms with Crippen molar-refractivity contribution in [2.75, 3.05) is 0 Å². The number of pyridine rings is 1. The van der Waals surface area contributed by atoms with E-state index in [1.807, 2.05) is 6.20 Å². The molecule has 2 aromatic heterocycles. The lowest BCUT2D eigenvalue weighted by atomic mass is 9.98. The number of rotatable bonds is 3. The summed E-state index contributed by atoms with van der Waals surface area (Å²) in [6, 6.07) is 4.20. The van der Waals surface area contributed by atoms with Crippen molar-refractivity contribution < 1.29 is 0 Å². The number of fused-ring (bicyclic) bond motifs is 1. The summed E-state index contributed by atoms with van der Waals surface area (Å²) in [4.78, 5) is 4.47. The predicted molar refractivity (Wildman–Crippen MR) is 68.0 cm³/mol. The molecule has 0 N–H and O–H groups in total. The van der Waals surface area contributed by atoms with Gasteiger partial charge in [-0.3, -0.25) is 4.98 Å². The molecule has 2 rings (SSSR count). The Kier molecular flexibility index (Phi) is 3.27. The third-order valence-electron chi connectivity index (χ3n) is 2.77. The van der Waals surface area contributed by atoms with Crippen molar-refractivity contribution in [1.82, 2.24) is 4.98 Å². The van der Waals surface area contributed by atoms with Crippen LogP contribution in [0.3, 0.4) is 0 Å². The van der Waals surface area contributed by atoms with Gasteiger partial charge in [-0.2, -0.15) is 0 Å². The molecule has 2 aromatic rings. The maximum Gasteiger partial charge on any atom is 0.0533 e. The van der Waals surface area contributed by atoms with Crippen LogP contribution < -0.4 is 0 Å². The first-order valence-electron chi connectivity index (χ1n) is 5.20. The lowest BCUT2D eigenvalue weighted by Crippen LogP contribution is -2.10. The standard InChI is InChI=1S/C12H14ClNS/c1-3-10(13)8(2)12-9-5-7-15-11(9)4-6-14-12/h4-8,10H,3H2,1-2H3. The van der Waals surface area contributed by atoms with Gasteiger partial charge in [0.1, 0.15) is 0 Å². The molecule has 0 fully saturated rings. The lowest BCUT2D eigenvalue weighted by Gasteiger charge is -2.16. The predicted octanol–water partition coefficient (Wildman–Crippen LogP) is 4.42. The molecule has 0 aliphatic heterocycles. The average molecular weight is 240 g/mol. The van der Waals surface area contributed by atoms with Crippen molar-refractivity contribution in [3.05, 3.63) is 29.4 Å². The molecule has 80 valence electrons. The second-order valence-electron chi connectivity index (χ2n) is 3.74. The fourth-order valence-corrected chi connectivity index (χ4v) is 2.71. The van der Waals surface area contributed by atoms with Gasteiger partial charge >= 0.3 is 0 Å². The van der Waals surface area contributed by atoms with Gasteiger partial charge in [0.15, 0.2) is 0 Å². The third-order valence-corrected chi connectivity index (χ3v) is 4.34. The minimum atomic E-state index is 0.169. The Morgan fingerprint density at radius 2 is 2.27 bits per heavy atom. The first-order valence-corrected chi connectivity index (χ1v) is 6.51. The number of nitrogens with zero attached hydrogens (tertiary/aromatic N) is 1. The van der Waals surface area contributed by atoms with E-state index in [0.717, 1.165) is 12.1 Å². The Labute approximate surface area is 99.1 Å². The van der Waals surface area contributed by atoms with E-state index in [1.54, 1.807) is 11.3 Å². The van der Waals surface area contributed by atoms with Gasteiger partial charge in [0, 0.05) is 27.6 Å². The van der Waals surface area contributed by atoms with E-state index < -0.39 is 0 Å². The number of aromatic nitrogens is 1. The van der Waals surface area contributed by atoms with Crippen LogP contribution in [0, 0.1) is 0 Å². The summed E-state index contributed by atoms with van der Waals surface area (Å²) in [6.07, 6.45) is 2.86. The number of hydrogen-bond acceptors (Lipinski definition) is 2. The smallest absolute Gasteiger partial charge is 0.0533 e. The van der Waals surface area contributed by atoms with E-state index >= 15 is 0 Å². The van der Waals surface area contributed by atoms with Gasteiger partial charge in [-0.15, -0.1) is 22.9 Å². The molecule has 3 heteroatoms. The van der Waals surface area contributed by atoms with Crippen molar-refractivity contribution in [2.24, 2.45) is 0 Å². The van der Waals surface area contributed by atoms with Crippen LogP contribution in [-0.2, 0) is 0 Å². The number of thiophene rings is 1. The maximum atomic E-state index is 6.28. The molecule has 0 saturated heterocycles. The molecular formula is C12H14ClNS. The zero-order chi connectivity index (χ0) is 10.8. The molecule has 0 aliphatic carbocycles. The highest BCUT2D eigenvalue weighted by Gasteiger charge is 2.18. The van der Waals surface area contributed by atoms with E-state index in [9.17, 15) is 0 Å². The minimum Gasteiger partial charge on any atom is -0.260 e. The fraction of sp³-hybridized carbons (Fsp3) is 0.417.